The van der Waals surface area contributed by atoms with Gasteiger partial charge in [-0.25, -0.2) is 4.98 Å². The van der Waals surface area contributed by atoms with Crippen molar-refractivity contribution in [3.05, 3.63) is 12.2 Å². The minimum Gasteiger partial charge on any atom is -0.393 e. The minimum absolute atomic E-state index is 0.285. The predicted molar refractivity (Wildman–Crippen MR) is 67.6 cm³/mol. The predicted octanol–water partition coefficient (Wildman–Crippen LogP) is 1.73. The lowest BCUT2D eigenvalue weighted by Gasteiger charge is -2.10. The van der Waals surface area contributed by atoms with Crippen molar-refractivity contribution < 1.29 is 5.11 Å². The molecule has 0 aromatic carbocycles. The highest BCUT2D eigenvalue weighted by Gasteiger charge is 2.10. The Bertz CT molecular complexity index is 291. The van der Waals surface area contributed by atoms with Crippen LogP contribution in [0.15, 0.2) is 6.33 Å². The van der Waals surface area contributed by atoms with Crippen LogP contribution in [0.1, 0.15) is 32.0 Å². The molecule has 92 valence electrons. The van der Waals surface area contributed by atoms with Gasteiger partial charge < -0.3 is 5.11 Å². The third-order valence-corrected chi connectivity index (χ3v) is 3.13. The van der Waals surface area contributed by atoms with E-state index in [4.69, 9.17) is 0 Å². The fourth-order valence-corrected chi connectivity index (χ4v) is 2.08. The lowest BCUT2D eigenvalue weighted by Crippen LogP contribution is -2.15. The standard InChI is InChI=1S/C11H21N3OS/c1-3-6-14-11(12-9-13-14)8-10(15)5-4-7-16-2/h9-10,15H,3-8H2,1-2H3. The molecule has 0 saturated carbocycles. The lowest BCUT2D eigenvalue weighted by atomic mass is 10.1. The Kier molecular flexibility index (Phi) is 6.49. The molecule has 0 bridgehead atoms. The van der Waals surface area contributed by atoms with E-state index in [9.17, 15) is 5.11 Å². The molecule has 0 radical (unpaired) electrons. The SMILES string of the molecule is CCCn1ncnc1CC(O)CCCSC. The largest absolute Gasteiger partial charge is 0.393 e. The third kappa shape index (κ3) is 4.53. The first kappa shape index (κ1) is 13.5. The Morgan fingerprint density at radius 2 is 2.38 bits per heavy atom. The number of aliphatic hydroxyl groups is 1. The van der Waals surface area contributed by atoms with Gasteiger partial charge in [0.2, 0.25) is 0 Å². The van der Waals surface area contributed by atoms with Crippen LogP contribution < -0.4 is 0 Å². The van der Waals surface area contributed by atoms with E-state index in [-0.39, 0.29) is 6.10 Å². The van der Waals surface area contributed by atoms with Gasteiger partial charge in [0.1, 0.15) is 12.2 Å². The van der Waals surface area contributed by atoms with Gasteiger partial charge in [0.25, 0.3) is 0 Å². The molecule has 16 heavy (non-hydrogen) atoms. The Labute approximate surface area is 101 Å². The van der Waals surface area contributed by atoms with Crippen LogP contribution in [0.4, 0.5) is 0 Å². The summed E-state index contributed by atoms with van der Waals surface area (Å²) < 4.78 is 1.89. The molecule has 0 fully saturated rings. The average Bonchev–Trinajstić information content (AvgIpc) is 2.67. The van der Waals surface area contributed by atoms with Gasteiger partial charge >= 0.3 is 0 Å². The van der Waals surface area contributed by atoms with E-state index < -0.39 is 0 Å². The Hall–Kier alpha value is -0.550. The summed E-state index contributed by atoms with van der Waals surface area (Å²) in [6.07, 6.45) is 6.94. The van der Waals surface area contributed by atoms with Crippen molar-refractivity contribution in [3.8, 4) is 0 Å². The van der Waals surface area contributed by atoms with Crippen molar-refractivity contribution in [1.82, 2.24) is 14.8 Å². The molecular formula is C11H21N3OS. The average molecular weight is 243 g/mol. The zero-order valence-electron chi connectivity index (χ0n) is 10.1. The smallest absolute Gasteiger partial charge is 0.138 e. The van der Waals surface area contributed by atoms with Crippen LogP contribution in [-0.4, -0.2) is 38.0 Å². The molecule has 1 unspecified atom stereocenters. The normalized spacial score (nSPS) is 12.9. The molecule has 1 rings (SSSR count). The van der Waals surface area contributed by atoms with Crippen molar-refractivity contribution in [3.63, 3.8) is 0 Å². The number of aromatic nitrogens is 3. The fraction of sp³-hybridized carbons (Fsp3) is 0.818. The van der Waals surface area contributed by atoms with E-state index in [1.165, 1.54) is 0 Å². The van der Waals surface area contributed by atoms with E-state index in [2.05, 4.69) is 23.3 Å². The summed E-state index contributed by atoms with van der Waals surface area (Å²) in [7, 11) is 0. The van der Waals surface area contributed by atoms with Gasteiger partial charge in [-0.1, -0.05) is 6.92 Å². The van der Waals surface area contributed by atoms with Crippen LogP contribution in [0.5, 0.6) is 0 Å². The second kappa shape index (κ2) is 7.68. The summed E-state index contributed by atoms with van der Waals surface area (Å²) in [4.78, 5) is 4.19. The van der Waals surface area contributed by atoms with Gasteiger partial charge in [0.15, 0.2) is 0 Å². The van der Waals surface area contributed by atoms with Crippen LogP contribution in [0.25, 0.3) is 0 Å². The van der Waals surface area contributed by atoms with E-state index in [0.29, 0.717) is 6.42 Å². The number of aryl methyl sites for hydroxylation is 1. The highest BCUT2D eigenvalue weighted by molar-refractivity contribution is 7.98. The second-order valence-corrected chi connectivity index (χ2v) is 4.88. The Morgan fingerprint density at radius 1 is 1.56 bits per heavy atom. The molecule has 1 heterocycles. The van der Waals surface area contributed by atoms with Crippen molar-refractivity contribution in [2.45, 2.75) is 45.3 Å². The first-order valence-electron chi connectivity index (χ1n) is 5.81. The minimum atomic E-state index is -0.285. The maximum Gasteiger partial charge on any atom is 0.138 e. The van der Waals surface area contributed by atoms with E-state index in [0.717, 1.165) is 37.4 Å². The molecule has 1 atom stereocenters. The summed E-state index contributed by atoms with van der Waals surface area (Å²) >= 11 is 1.82. The van der Waals surface area contributed by atoms with E-state index in [1.54, 1.807) is 6.33 Å². The van der Waals surface area contributed by atoms with Crippen LogP contribution >= 0.6 is 11.8 Å². The number of thioether (sulfide) groups is 1. The highest BCUT2D eigenvalue weighted by atomic mass is 32.2. The molecule has 1 N–H and O–H groups in total. The second-order valence-electron chi connectivity index (χ2n) is 3.89. The Morgan fingerprint density at radius 3 is 3.06 bits per heavy atom. The molecule has 1 aromatic heterocycles. The summed E-state index contributed by atoms with van der Waals surface area (Å²) in [5.41, 5.74) is 0. The fourth-order valence-electron chi connectivity index (χ4n) is 1.62. The van der Waals surface area contributed by atoms with E-state index >= 15 is 0 Å². The highest BCUT2D eigenvalue weighted by Crippen LogP contribution is 2.08. The third-order valence-electron chi connectivity index (χ3n) is 2.44. The van der Waals surface area contributed by atoms with Crippen LogP contribution in [-0.2, 0) is 13.0 Å². The quantitative estimate of drug-likeness (QED) is 0.707. The summed E-state index contributed by atoms with van der Waals surface area (Å²) in [6, 6.07) is 0. The van der Waals surface area contributed by atoms with Crippen LogP contribution in [0.2, 0.25) is 0 Å². The molecule has 5 heteroatoms. The maximum atomic E-state index is 9.85. The Balaban J connectivity index is 2.36. The summed E-state index contributed by atoms with van der Waals surface area (Å²) in [5, 5.41) is 14.0. The molecule has 0 aliphatic rings. The number of nitrogens with zero attached hydrogens (tertiary/aromatic N) is 3. The molecule has 0 amide bonds. The molecule has 0 aliphatic heterocycles. The molecule has 1 aromatic rings. The van der Waals surface area contributed by atoms with E-state index in [1.807, 2.05) is 16.4 Å². The number of aliphatic hydroxyl groups excluding tert-OH is 1. The number of hydrogen-bond acceptors (Lipinski definition) is 4. The first-order valence-corrected chi connectivity index (χ1v) is 7.21. The number of rotatable bonds is 8. The van der Waals surface area contributed by atoms with Crippen molar-refractivity contribution in [2.75, 3.05) is 12.0 Å². The molecular weight excluding hydrogens is 222 g/mol. The first-order chi connectivity index (χ1) is 7.77. The van der Waals surface area contributed by atoms with Gasteiger partial charge in [-0.15, -0.1) is 0 Å². The zero-order chi connectivity index (χ0) is 11.8. The molecule has 0 saturated heterocycles. The van der Waals surface area contributed by atoms with Gasteiger partial charge in [0.05, 0.1) is 6.10 Å². The van der Waals surface area contributed by atoms with Gasteiger partial charge in [-0.05, 0) is 31.3 Å². The lowest BCUT2D eigenvalue weighted by molar-refractivity contribution is 0.160. The van der Waals surface area contributed by atoms with Crippen molar-refractivity contribution in [1.29, 1.82) is 0 Å². The van der Waals surface area contributed by atoms with Gasteiger partial charge in [0, 0.05) is 13.0 Å². The molecule has 0 aliphatic carbocycles. The summed E-state index contributed by atoms with van der Waals surface area (Å²) in [6.45, 7) is 2.99. The maximum absolute atomic E-state index is 9.85. The van der Waals surface area contributed by atoms with Gasteiger partial charge in [-0.3, -0.25) is 4.68 Å². The number of hydrogen-bond donors (Lipinski definition) is 1. The van der Waals surface area contributed by atoms with Crippen molar-refractivity contribution >= 4 is 11.8 Å². The summed E-state index contributed by atoms with van der Waals surface area (Å²) in [5.74, 6) is 2.01. The topological polar surface area (TPSA) is 50.9 Å². The zero-order valence-corrected chi connectivity index (χ0v) is 10.9. The van der Waals surface area contributed by atoms with Gasteiger partial charge in [-0.2, -0.15) is 16.9 Å². The van der Waals surface area contributed by atoms with Crippen molar-refractivity contribution in [2.24, 2.45) is 0 Å². The monoisotopic (exact) mass is 243 g/mol. The molecule has 4 nitrogen and oxygen atoms in total. The van der Waals surface area contributed by atoms with Crippen LogP contribution in [0, 0.1) is 0 Å². The molecule has 0 spiro atoms. The van der Waals surface area contributed by atoms with Crippen LogP contribution in [0.3, 0.4) is 0 Å².